The van der Waals surface area contributed by atoms with Gasteiger partial charge in [0.1, 0.15) is 6.33 Å². The Bertz CT molecular complexity index is 235. The number of aromatic nitrogens is 2. The van der Waals surface area contributed by atoms with E-state index in [1.807, 2.05) is 6.07 Å². The first kappa shape index (κ1) is 8.65. The molecule has 0 fully saturated rings. The van der Waals surface area contributed by atoms with Crippen LogP contribution in [0, 0.1) is 0 Å². The average Bonchev–Trinajstić information content (AvgIpc) is 2.05. The first-order valence-corrected chi connectivity index (χ1v) is 4.60. The Labute approximate surface area is 75.2 Å². The lowest BCUT2D eigenvalue weighted by Crippen LogP contribution is -1.94. The highest BCUT2D eigenvalue weighted by Crippen LogP contribution is 2.18. The zero-order valence-electron chi connectivity index (χ0n) is 6.71. The Morgan fingerprint density at radius 1 is 1.55 bits per heavy atom. The van der Waals surface area contributed by atoms with Gasteiger partial charge in [-0.2, -0.15) is 0 Å². The van der Waals surface area contributed by atoms with E-state index >= 15 is 0 Å². The molecule has 1 rings (SSSR count). The van der Waals surface area contributed by atoms with Crippen LogP contribution in [0.2, 0.25) is 0 Å². The highest BCUT2D eigenvalue weighted by Gasteiger charge is 2.02. The molecule has 1 atom stereocenters. The summed E-state index contributed by atoms with van der Waals surface area (Å²) in [6.07, 6.45) is 2.58. The van der Waals surface area contributed by atoms with E-state index < -0.39 is 0 Å². The zero-order valence-corrected chi connectivity index (χ0v) is 8.30. The number of alkyl halides is 1. The van der Waals surface area contributed by atoms with E-state index in [0.717, 1.165) is 17.8 Å². The van der Waals surface area contributed by atoms with Crippen molar-refractivity contribution in [1.29, 1.82) is 0 Å². The van der Waals surface area contributed by atoms with E-state index in [-0.39, 0.29) is 0 Å². The molecule has 0 aliphatic carbocycles. The van der Waals surface area contributed by atoms with E-state index in [4.69, 9.17) is 0 Å². The van der Waals surface area contributed by atoms with Crippen molar-refractivity contribution < 1.29 is 0 Å². The lowest BCUT2D eigenvalue weighted by molar-refractivity contribution is 0.931. The SMILES string of the molecule is CCc1cc([C@H](C)Br)ncn1. The summed E-state index contributed by atoms with van der Waals surface area (Å²) in [6.45, 7) is 4.15. The normalized spacial score (nSPS) is 13.0. The maximum absolute atomic E-state index is 4.13. The first-order valence-electron chi connectivity index (χ1n) is 3.69. The minimum absolute atomic E-state index is 0.316. The molecule has 1 heterocycles. The zero-order chi connectivity index (χ0) is 8.27. The van der Waals surface area contributed by atoms with Crippen LogP contribution in [-0.4, -0.2) is 9.97 Å². The molecule has 0 radical (unpaired) electrons. The summed E-state index contributed by atoms with van der Waals surface area (Å²) in [5.74, 6) is 0. The highest BCUT2D eigenvalue weighted by atomic mass is 79.9. The van der Waals surface area contributed by atoms with Gasteiger partial charge in [0.15, 0.2) is 0 Å². The summed E-state index contributed by atoms with van der Waals surface area (Å²) in [4.78, 5) is 8.55. The van der Waals surface area contributed by atoms with Gasteiger partial charge in [0.05, 0.1) is 10.5 Å². The second kappa shape index (κ2) is 3.81. The number of rotatable bonds is 2. The third kappa shape index (κ3) is 2.26. The summed E-state index contributed by atoms with van der Waals surface area (Å²) >= 11 is 3.46. The van der Waals surface area contributed by atoms with Gasteiger partial charge in [0.2, 0.25) is 0 Å². The Kier molecular flexibility index (Phi) is 3.00. The van der Waals surface area contributed by atoms with Crippen LogP contribution >= 0.6 is 15.9 Å². The Balaban J connectivity index is 2.91. The molecule has 1 aromatic rings. The van der Waals surface area contributed by atoms with Gasteiger partial charge in [-0.3, -0.25) is 0 Å². The molecule has 0 amide bonds. The summed E-state index contributed by atoms with van der Waals surface area (Å²) in [5.41, 5.74) is 2.15. The summed E-state index contributed by atoms with van der Waals surface area (Å²) < 4.78 is 0. The maximum atomic E-state index is 4.13. The molecular weight excluding hydrogens is 204 g/mol. The Morgan fingerprint density at radius 3 is 2.82 bits per heavy atom. The van der Waals surface area contributed by atoms with Crippen molar-refractivity contribution in [3.8, 4) is 0 Å². The topological polar surface area (TPSA) is 25.8 Å². The van der Waals surface area contributed by atoms with Crippen LogP contribution in [0.3, 0.4) is 0 Å². The van der Waals surface area contributed by atoms with Crippen LogP contribution < -0.4 is 0 Å². The predicted molar refractivity (Wildman–Crippen MR) is 48.8 cm³/mol. The number of hydrogen-bond acceptors (Lipinski definition) is 2. The second-order valence-electron chi connectivity index (χ2n) is 2.40. The quantitative estimate of drug-likeness (QED) is 0.708. The molecular formula is C8H11BrN2. The Morgan fingerprint density at radius 2 is 2.27 bits per heavy atom. The standard InChI is InChI=1S/C8H11BrN2/c1-3-7-4-8(6(2)9)11-5-10-7/h4-6H,3H2,1-2H3/t6-/m0/s1. The van der Waals surface area contributed by atoms with Crippen molar-refractivity contribution >= 4 is 15.9 Å². The number of halogens is 1. The predicted octanol–water partition coefficient (Wildman–Crippen LogP) is 2.49. The van der Waals surface area contributed by atoms with Crippen molar-refractivity contribution in [1.82, 2.24) is 9.97 Å². The van der Waals surface area contributed by atoms with E-state index in [1.54, 1.807) is 6.33 Å². The van der Waals surface area contributed by atoms with Crippen LogP contribution in [0.15, 0.2) is 12.4 Å². The lowest BCUT2D eigenvalue weighted by atomic mass is 10.2. The molecule has 0 unspecified atom stereocenters. The summed E-state index contributed by atoms with van der Waals surface area (Å²) in [7, 11) is 0. The third-order valence-corrected chi connectivity index (χ3v) is 1.98. The highest BCUT2D eigenvalue weighted by molar-refractivity contribution is 9.09. The molecule has 0 aromatic carbocycles. The van der Waals surface area contributed by atoms with Crippen LogP contribution in [0.1, 0.15) is 30.1 Å². The molecule has 0 saturated heterocycles. The van der Waals surface area contributed by atoms with Gasteiger partial charge < -0.3 is 0 Å². The molecule has 0 aliphatic rings. The van der Waals surface area contributed by atoms with Gasteiger partial charge in [0, 0.05) is 5.69 Å². The number of nitrogens with zero attached hydrogens (tertiary/aromatic N) is 2. The maximum Gasteiger partial charge on any atom is 0.115 e. The van der Waals surface area contributed by atoms with Gasteiger partial charge in [-0.15, -0.1) is 0 Å². The Hall–Kier alpha value is -0.440. The largest absolute Gasteiger partial charge is 0.241 e. The fourth-order valence-corrected chi connectivity index (χ4v) is 1.08. The molecule has 0 bridgehead atoms. The smallest absolute Gasteiger partial charge is 0.115 e. The lowest BCUT2D eigenvalue weighted by Gasteiger charge is -2.02. The van der Waals surface area contributed by atoms with Gasteiger partial charge >= 0.3 is 0 Å². The number of aryl methyl sites for hydroxylation is 1. The fraction of sp³-hybridized carbons (Fsp3) is 0.500. The second-order valence-corrected chi connectivity index (χ2v) is 3.78. The van der Waals surface area contributed by atoms with Gasteiger partial charge in [0.25, 0.3) is 0 Å². The van der Waals surface area contributed by atoms with Crippen molar-refractivity contribution in [3.63, 3.8) is 0 Å². The average molecular weight is 215 g/mol. The minimum atomic E-state index is 0.316. The molecule has 2 nitrogen and oxygen atoms in total. The molecule has 0 N–H and O–H groups in total. The van der Waals surface area contributed by atoms with Crippen molar-refractivity contribution in [2.24, 2.45) is 0 Å². The van der Waals surface area contributed by atoms with Crippen LogP contribution in [0.25, 0.3) is 0 Å². The van der Waals surface area contributed by atoms with Crippen molar-refractivity contribution in [2.75, 3.05) is 0 Å². The molecule has 11 heavy (non-hydrogen) atoms. The molecule has 0 spiro atoms. The van der Waals surface area contributed by atoms with E-state index in [9.17, 15) is 0 Å². The first-order chi connectivity index (χ1) is 5.24. The fourth-order valence-electron chi connectivity index (χ4n) is 0.826. The van der Waals surface area contributed by atoms with E-state index in [1.165, 1.54) is 0 Å². The van der Waals surface area contributed by atoms with Crippen LogP contribution in [0.4, 0.5) is 0 Å². The molecule has 1 aromatic heterocycles. The summed E-state index contributed by atoms with van der Waals surface area (Å²) in [6, 6.07) is 2.03. The molecule has 60 valence electrons. The monoisotopic (exact) mass is 214 g/mol. The summed E-state index contributed by atoms with van der Waals surface area (Å²) in [5, 5.41) is 0. The van der Waals surface area contributed by atoms with Gasteiger partial charge in [-0.1, -0.05) is 22.9 Å². The minimum Gasteiger partial charge on any atom is -0.241 e. The van der Waals surface area contributed by atoms with E-state index in [0.29, 0.717) is 4.83 Å². The van der Waals surface area contributed by atoms with Gasteiger partial charge in [-0.05, 0) is 19.4 Å². The van der Waals surface area contributed by atoms with Crippen molar-refractivity contribution in [3.05, 3.63) is 23.8 Å². The van der Waals surface area contributed by atoms with Crippen LogP contribution in [-0.2, 0) is 6.42 Å². The molecule has 3 heteroatoms. The van der Waals surface area contributed by atoms with E-state index in [2.05, 4.69) is 39.7 Å². The van der Waals surface area contributed by atoms with Crippen LogP contribution in [0.5, 0.6) is 0 Å². The molecule has 0 aliphatic heterocycles. The van der Waals surface area contributed by atoms with Crippen molar-refractivity contribution in [2.45, 2.75) is 25.1 Å². The third-order valence-electron chi connectivity index (χ3n) is 1.51. The van der Waals surface area contributed by atoms with Gasteiger partial charge in [-0.25, -0.2) is 9.97 Å². The number of hydrogen-bond donors (Lipinski definition) is 0. The molecule has 0 saturated carbocycles.